The number of hydrogen-bond acceptors (Lipinski definition) is 7. The second kappa shape index (κ2) is 16.1. The Bertz CT molecular complexity index is 1170. The zero-order valence-electron chi connectivity index (χ0n) is 25.3. The van der Waals surface area contributed by atoms with Crippen LogP contribution in [0.5, 0.6) is 17.2 Å². The third kappa shape index (κ3) is 8.03. The minimum Gasteiger partial charge on any atom is -0.507 e. The third-order valence-corrected chi connectivity index (χ3v) is 7.34. The second-order valence-corrected chi connectivity index (χ2v) is 10.0. The highest BCUT2D eigenvalue weighted by Gasteiger charge is 2.46. The average Bonchev–Trinajstić information content (AvgIpc) is 3.23. The monoisotopic (exact) mass is 566 g/mol. The molecule has 224 valence electrons. The quantitative estimate of drug-likeness (QED) is 0.105. The van der Waals surface area contributed by atoms with Crippen molar-refractivity contribution in [3.8, 4) is 17.2 Å². The molecule has 0 saturated carbocycles. The number of ether oxygens (including phenoxy) is 3. The fourth-order valence-electron chi connectivity index (χ4n) is 5.11. The Morgan fingerprint density at radius 1 is 0.854 bits per heavy atom. The van der Waals surface area contributed by atoms with Gasteiger partial charge >= 0.3 is 0 Å². The average molecular weight is 567 g/mol. The van der Waals surface area contributed by atoms with E-state index in [1.165, 1.54) is 0 Å². The number of aliphatic hydroxyl groups is 1. The maximum absolute atomic E-state index is 13.5. The highest BCUT2D eigenvalue weighted by molar-refractivity contribution is 6.46. The summed E-state index contributed by atoms with van der Waals surface area (Å²) in [5.41, 5.74) is 1.20. The minimum atomic E-state index is -0.758. The van der Waals surface area contributed by atoms with Gasteiger partial charge in [0.05, 0.1) is 31.4 Å². The van der Waals surface area contributed by atoms with Crippen LogP contribution in [-0.2, 0) is 9.59 Å². The number of carbonyl (C=O) groups excluding carboxylic acids is 2. The van der Waals surface area contributed by atoms with E-state index >= 15 is 0 Å². The molecule has 0 bridgehead atoms. The van der Waals surface area contributed by atoms with E-state index in [9.17, 15) is 14.7 Å². The lowest BCUT2D eigenvalue weighted by Gasteiger charge is -2.27. The Kier molecular flexibility index (Phi) is 12.5. The van der Waals surface area contributed by atoms with Gasteiger partial charge in [0.2, 0.25) is 0 Å². The number of likely N-dealkylation sites (tertiary alicyclic amines) is 1. The number of Topliss-reactive ketones (excluding diaryl/α,β-unsaturated/α-hetero) is 1. The van der Waals surface area contributed by atoms with Crippen LogP contribution in [0.15, 0.2) is 48.0 Å². The highest BCUT2D eigenvalue weighted by Crippen LogP contribution is 2.42. The highest BCUT2D eigenvalue weighted by atomic mass is 16.5. The van der Waals surface area contributed by atoms with Gasteiger partial charge in [0, 0.05) is 12.1 Å². The van der Waals surface area contributed by atoms with Crippen LogP contribution >= 0.6 is 0 Å². The first-order valence-electron chi connectivity index (χ1n) is 15.0. The molecule has 1 aliphatic rings. The van der Waals surface area contributed by atoms with Crippen LogP contribution in [0.3, 0.4) is 0 Å². The fraction of sp³-hybridized carbons (Fsp3) is 0.515. The van der Waals surface area contributed by atoms with E-state index in [2.05, 4.69) is 25.7 Å². The Morgan fingerprint density at radius 3 is 2.20 bits per heavy atom. The van der Waals surface area contributed by atoms with E-state index in [-0.39, 0.29) is 11.3 Å². The molecule has 0 spiro atoms. The fourth-order valence-corrected chi connectivity index (χ4v) is 5.11. The van der Waals surface area contributed by atoms with Gasteiger partial charge in [0.15, 0.2) is 11.5 Å². The Balaban J connectivity index is 2.04. The van der Waals surface area contributed by atoms with Gasteiger partial charge < -0.3 is 29.1 Å². The van der Waals surface area contributed by atoms with Crippen molar-refractivity contribution in [3.63, 3.8) is 0 Å². The molecule has 1 fully saturated rings. The summed E-state index contributed by atoms with van der Waals surface area (Å²) in [6.07, 6.45) is 3.82. The van der Waals surface area contributed by atoms with Gasteiger partial charge in [-0.3, -0.25) is 9.59 Å². The normalized spacial score (nSPS) is 16.4. The molecule has 1 amide bonds. The van der Waals surface area contributed by atoms with Gasteiger partial charge in [-0.15, -0.1) is 0 Å². The lowest BCUT2D eigenvalue weighted by atomic mass is 9.95. The largest absolute Gasteiger partial charge is 0.507 e. The van der Waals surface area contributed by atoms with Crippen LogP contribution < -0.4 is 14.2 Å². The van der Waals surface area contributed by atoms with Crippen molar-refractivity contribution in [2.45, 2.75) is 66.3 Å². The molecule has 2 aromatic carbocycles. The van der Waals surface area contributed by atoms with Crippen molar-refractivity contribution < 1.29 is 28.9 Å². The molecule has 8 nitrogen and oxygen atoms in total. The summed E-state index contributed by atoms with van der Waals surface area (Å²) in [6, 6.07) is 11.6. The topological polar surface area (TPSA) is 88.5 Å². The lowest BCUT2D eigenvalue weighted by molar-refractivity contribution is -0.140. The number of aliphatic hydroxyl groups excluding tert-OH is 1. The van der Waals surface area contributed by atoms with Crippen LogP contribution in [0.1, 0.15) is 77.5 Å². The molecule has 1 saturated heterocycles. The number of hydrogen-bond donors (Lipinski definition) is 1. The maximum Gasteiger partial charge on any atom is 0.295 e. The number of amides is 1. The number of carbonyl (C=O) groups is 2. The molecule has 8 heteroatoms. The molecular formula is C33H46N2O6. The summed E-state index contributed by atoms with van der Waals surface area (Å²) >= 11 is 0. The molecule has 1 atom stereocenters. The SMILES string of the molecule is CCCCCOc1ccc(C2/C(=C(\O)c3ccc(OCC)cc3)C(=O)C(=O)N2CCCN(CC)CC)cc1OCC. The lowest BCUT2D eigenvalue weighted by Crippen LogP contribution is -2.33. The molecule has 41 heavy (non-hydrogen) atoms. The van der Waals surface area contributed by atoms with Crippen molar-refractivity contribution in [1.82, 2.24) is 9.80 Å². The molecule has 1 N–H and O–H groups in total. The third-order valence-electron chi connectivity index (χ3n) is 7.34. The van der Waals surface area contributed by atoms with Crippen LogP contribution in [0, 0.1) is 0 Å². The first-order chi connectivity index (χ1) is 19.9. The number of rotatable bonds is 17. The smallest absolute Gasteiger partial charge is 0.295 e. The van der Waals surface area contributed by atoms with E-state index in [0.29, 0.717) is 61.2 Å². The van der Waals surface area contributed by atoms with Crippen molar-refractivity contribution >= 4 is 17.4 Å². The summed E-state index contributed by atoms with van der Waals surface area (Å²) in [5, 5.41) is 11.4. The predicted molar refractivity (Wildman–Crippen MR) is 162 cm³/mol. The first-order valence-corrected chi connectivity index (χ1v) is 15.0. The zero-order valence-corrected chi connectivity index (χ0v) is 25.3. The minimum absolute atomic E-state index is 0.0704. The van der Waals surface area contributed by atoms with Crippen LogP contribution in [0.2, 0.25) is 0 Å². The Morgan fingerprint density at radius 2 is 1.56 bits per heavy atom. The van der Waals surface area contributed by atoms with Gasteiger partial charge in [-0.25, -0.2) is 0 Å². The van der Waals surface area contributed by atoms with Gasteiger partial charge in [-0.05, 0) is 88.3 Å². The summed E-state index contributed by atoms with van der Waals surface area (Å²) in [4.78, 5) is 30.7. The van der Waals surface area contributed by atoms with Crippen molar-refractivity contribution in [1.29, 1.82) is 0 Å². The number of nitrogens with zero attached hydrogens (tertiary/aromatic N) is 2. The molecule has 2 aromatic rings. The van der Waals surface area contributed by atoms with Crippen molar-refractivity contribution in [2.75, 3.05) is 46.0 Å². The molecular weight excluding hydrogens is 520 g/mol. The molecule has 3 rings (SSSR count). The number of unbranched alkanes of at least 4 members (excludes halogenated alkanes) is 2. The molecule has 1 heterocycles. The van der Waals surface area contributed by atoms with E-state index < -0.39 is 17.7 Å². The van der Waals surface area contributed by atoms with Crippen molar-refractivity contribution in [3.05, 3.63) is 59.2 Å². The van der Waals surface area contributed by atoms with Crippen LogP contribution in [0.4, 0.5) is 0 Å². The van der Waals surface area contributed by atoms with Gasteiger partial charge in [0.1, 0.15) is 11.5 Å². The maximum atomic E-state index is 13.5. The molecule has 1 unspecified atom stereocenters. The van der Waals surface area contributed by atoms with Crippen LogP contribution in [0.25, 0.3) is 5.76 Å². The van der Waals surface area contributed by atoms with Gasteiger partial charge in [-0.1, -0.05) is 39.7 Å². The van der Waals surface area contributed by atoms with Gasteiger partial charge in [-0.2, -0.15) is 0 Å². The van der Waals surface area contributed by atoms with Gasteiger partial charge in [0.25, 0.3) is 11.7 Å². The predicted octanol–water partition coefficient (Wildman–Crippen LogP) is 6.21. The Labute approximate surface area is 244 Å². The number of benzene rings is 2. The summed E-state index contributed by atoms with van der Waals surface area (Å²) in [5.74, 6) is 0.323. The van der Waals surface area contributed by atoms with Crippen molar-refractivity contribution in [2.24, 2.45) is 0 Å². The summed E-state index contributed by atoms with van der Waals surface area (Å²) in [7, 11) is 0. The standard InChI is InChI=1S/C33H46N2O6/c1-6-11-12-22-41-27-19-16-25(23-28(27)40-10-5)30-29(31(36)24-14-17-26(18-15-24)39-9-4)32(37)33(38)35(30)21-13-20-34(7-2)8-3/h14-19,23,30,36H,6-13,20-22H2,1-5H3/b31-29+. The van der Waals surface area contributed by atoms with E-state index in [4.69, 9.17) is 14.2 Å². The van der Waals surface area contributed by atoms with Crippen LogP contribution in [-0.4, -0.2) is 72.6 Å². The van der Waals surface area contributed by atoms with E-state index in [1.807, 2.05) is 32.0 Å². The van der Waals surface area contributed by atoms with E-state index in [1.54, 1.807) is 29.2 Å². The molecule has 1 aliphatic heterocycles. The molecule has 0 aliphatic carbocycles. The number of ketones is 1. The molecule has 0 aromatic heterocycles. The molecule has 0 radical (unpaired) electrons. The Hall–Kier alpha value is -3.52. The zero-order chi connectivity index (χ0) is 29.8. The second-order valence-electron chi connectivity index (χ2n) is 10.0. The summed E-state index contributed by atoms with van der Waals surface area (Å²) < 4.78 is 17.5. The first kappa shape index (κ1) is 32.0. The van der Waals surface area contributed by atoms with E-state index in [0.717, 1.165) is 38.9 Å². The summed E-state index contributed by atoms with van der Waals surface area (Å²) in [6.45, 7) is 14.7.